The lowest BCUT2D eigenvalue weighted by molar-refractivity contribution is 0.275. The Morgan fingerprint density at radius 3 is 2.67 bits per heavy atom. The second kappa shape index (κ2) is 6.16. The third-order valence-electron chi connectivity index (χ3n) is 3.94. The van der Waals surface area contributed by atoms with E-state index in [1.807, 2.05) is 11.3 Å². The fraction of sp³-hybridized carbons (Fsp3) is 0.800. The molecule has 0 spiro atoms. The van der Waals surface area contributed by atoms with Crippen LogP contribution in [0.2, 0.25) is 0 Å². The molecule has 1 aromatic heterocycles. The van der Waals surface area contributed by atoms with E-state index in [0.29, 0.717) is 5.41 Å². The van der Waals surface area contributed by atoms with Crippen molar-refractivity contribution < 1.29 is 0 Å². The molecule has 1 aliphatic rings. The van der Waals surface area contributed by atoms with Crippen LogP contribution in [0.3, 0.4) is 0 Å². The maximum atomic E-state index is 4.40. The minimum absolute atomic E-state index is 0.508. The van der Waals surface area contributed by atoms with Gasteiger partial charge in [0.15, 0.2) is 0 Å². The van der Waals surface area contributed by atoms with Crippen LogP contribution in [-0.2, 0) is 6.42 Å². The fourth-order valence-electron chi connectivity index (χ4n) is 3.02. The first-order valence-corrected chi connectivity index (χ1v) is 8.03. The number of nitrogens with one attached hydrogen (secondary N) is 1. The van der Waals surface area contributed by atoms with E-state index in [0.717, 1.165) is 12.5 Å². The molecule has 2 rings (SSSR count). The number of aryl methyl sites for hydroxylation is 1. The van der Waals surface area contributed by atoms with Gasteiger partial charge in [-0.15, -0.1) is 11.3 Å². The maximum absolute atomic E-state index is 4.40. The van der Waals surface area contributed by atoms with Gasteiger partial charge in [-0.3, -0.25) is 0 Å². The van der Waals surface area contributed by atoms with Crippen LogP contribution in [0.15, 0.2) is 6.20 Å². The van der Waals surface area contributed by atoms with Gasteiger partial charge in [-0.05, 0) is 44.1 Å². The molecule has 0 saturated heterocycles. The molecule has 1 heterocycles. The first kappa shape index (κ1) is 14.0. The van der Waals surface area contributed by atoms with Gasteiger partial charge in [0.2, 0.25) is 0 Å². The second-order valence-electron chi connectivity index (χ2n) is 6.25. The van der Waals surface area contributed by atoms with Crippen LogP contribution >= 0.6 is 11.3 Å². The van der Waals surface area contributed by atoms with E-state index in [4.69, 9.17) is 0 Å². The smallest absolute Gasteiger partial charge is 0.0896 e. The van der Waals surface area contributed by atoms with Crippen molar-refractivity contribution in [2.24, 2.45) is 11.3 Å². The van der Waals surface area contributed by atoms with Crippen molar-refractivity contribution in [3.05, 3.63) is 16.1 Å². The van der Waals surface area contributed by atoms with E-state index in [2.05, 4.69) is 37.3 Å². The number of hydrogen-bond donors (Lipinski definition) is 1. The fourth-order valence-corrected chi connectivity index (χ4v) is 3.99. The van der Waals surface area contributed by atoms with Crippen molar-refractivity contribution in [1.82, 2.24) is 10.3 Å². The van der Waals surface area contributed by atoms with E-state index >= 15 is 0 Å². The monoisotopic (exact) mass is 266 g/mol. The predicted octanol–water partition coefficient (Wildman–Crippen LogP) is 3.80. The molecule has 1 aromatic rings. The summed E-state index contributed by atoms with van der Waals surface area (Å²) in [6, 6.07) is 0. The SMILES string of the molecule is Cc1ncc(CC2(CNCC(C)C)CCCC2)s1. The van der Waals surface area contributed by atoms with Gasteiger partial charge >= 0.3 is 0 Å². The van der Waals surface area contributed by atoms with Gasteiger partial charge in [-0.25, -0.2) is 4.98 Å². The van der Waals surface area contributed by atoms with Gasteiger partial charge in [0.05, 0.1) is 5.01 Å². The van der Waals surface area contributed by atoms with Gasteiger partial charge in [-0.1, -0.05) is 26.7 Å². The Morgan fingerprint density at radius 2 is 2.11 bits per heavy atom. The highest BCUT2D eigenvalue weighted by Crippen LogP contribution is 2.41. The van der Waals surface area contributed by atoms with Crippen LogP contribution in [-0.4, -0.2) is 18.1 Å². The van der Waals surface area contributed by atoms with Gasteiger partial charge in [0, 0.05) is 17.6 Å². The summed E-state index contributed by atoms with van der Waals surface area (Å²) in [5.41, 5.74) is 0.508. The van der Waals surface area contributed by atoms with Crippen molar-refractivity contribution in [2.45, 2.75) is 52.9 Å². The minimum Gasteiger partial charge on any atom is -0.316 e. The van der Waals surface area contributed by atoms with Crippen LogP contribution in [0.25, 0.3) is 0 Å². The topological polar surface area (TPSA) is 24.9 Å². The molecule has 1 fully saturated rings. The average Bonchev–Trinajstić information content (AvgIpc) is 2.89. The van der Waals surface area contributed by atoms with E-state index in [-0.39, 0.29) is 0 Å². The Kier molecular flexibility index (Phi) is 4.79. The molecule has 0 aliphatic heterocycles. The van der Waals surface area contributed by atoms with Crippen LogP contribution in [0, 0.1) is 18.3 Å². The molecule has 18 heavy (non-hydrogen) atoms. The molecule has 102 valence electrons. The quantitative estimate of drug-likeness (QED) is 0.847. The van der Waals surface area contributed by atoms with E-state index < -0.39 is 0 Å². The lowest BCUT2D eigenvalue weighted by atomic mass is 9.82. The summed E-state index contributed by atoms with van der Waals surface area (Å²) in [4.78, 5) is 5.87. The zero-order valence-corrected chi connectivity index (χ0v) is 12.8. The molecule has 2 nitrogen and oxygen atoms in total. The Labute approximate surface area is 115 Å². The van der Waals surface area contributed by atoms with Gasteiger partial charge in [0.1, 0.15) is 0 Å². The summed E-state index contributed by atoms with van der Waals surface area (Å²) in [7, 11) is 0. The number of nitrogens with zero attached hydrogens (tertiary/aromatic N) is 1. The zero-order valence-electron chi connectivity index (χ0n) is 12.0. The van der Waals surface area contributed by atoms with Gasteiger partial charge in [0.25, 0.3) is 0 Å². The largest absolute Gasteiger partial charge is 0.316 e. The summed E-state index contributed by atoms with van der Waals surface area (Å²) in [6.45, 7) is 8.99. The third-order valence-corrected chi connectivity index (χ3v) is 4.85. The molecule has 1 N–H and O–H groups in total. The minimum atomic E-state index is 0.508. The number of rotatable bonds is 6. The summed E-state index contributed by atoms with van der Waals surface area (Å²) in [5, 5.41) is 4.88. The molecule has 0 unspecified atom stereocenters. The van der Waals surface area contributed by atoms with Crippen molar-refractivity contribution in [1.29, 1.82) is 0 Å². The van der Waals surface area contributed by atoms with Crippen LogP contribution in [0.1, 0.15) is 49.4 Å². The van der Waals surface area contributed by atoms with Crippen molar-refractivity contribution in [2.75, 3.05) is 13.1 Å². The van der Waals surface area contributed by atoms with Crippen molar-refractivity contribution in [3.8, 4) is 0 Å². The van der Waals surface area contributed by atoms with Crippen LogP contribution < -0.4 is 5.32 Å². The zero-order chi connectivity index (χ0) is 13.0. The highest BCUT2D eigenvalue weighted by atomic mass is 32.1. The molecular formula is C15H26N2S. The number of aromatic nitrogens is 1. The first-order chi connectivity index (χ1) is 8.60. The molecular weight excluding hydrogens is 240 g/mol. The Hall–Kier alpha value is -0.410. The summed E-state index contributed by atoms with van der Waals surface area (Å²) in [5.74, 6) is 0.745. The van der Waals surface area contributed by atoms with Crippen LogP contribution in [0.4, 0.5) is 0 Å². The molecule has 0 atom stereocenters. The summed E-state index contributed by atoms with van der Waals surface area (Å²) >= 11 is 1.87. The summed E-state index contributed by atoms with van der Waals surface area (Å²) < 4.78 is 0. The summed E-state index contributed by atoms with van der Waals surface area (Å²) in [6.07, 6.45) is 8.89. The number of hydrogen-bond acceptors (Lipinski definition) is 3. The van der Waals surface area contributed by atoms with Gasteiger partial charge < -0.3 is 5.32 Å². The average molecular weight is 266 g/mol. The molecule has 1 saturated carbocycles. The standard InChI is InChI=1S/C15H26N2S/c1-12(2)9-16-11-15(6-4-5-7-15)8-14-10-17-13(3)18-14/h10,12,16H,4-9,11H2,1-3H3. The third kappa shape index (κ3) is 3.79. The molecule has 0 aromatic carbocycles. The molecule has 0 radical (unpaired) electrons. The highest BCUT2D eigenvalue weighted by molar-refractivity contribution is 7.11. The molecule has 0 bridgehead atoms. The Bertz CT molecular complexity index is 364. The molecule has 0 amide bonds. The first-order valence-electron chi connectivity index (χ1n) is 7.22. The predicted molar refractivity (Wildman–Crippen MR) is 79.2 cm³/mol. The lowest BCUT2D eigenvalue weighted by Crippen LogP contribution is -2.35. The van der Waals surface area contributed by atoms with E-state index in [9.17, 15) is 0 Å². The lowest BCUT2D eigenvalue weighted by Gasteiger charge is -2.29. The van der Waals surface area contributed by atoms with Crippen molar-refractivity contribution in [3.63, 3.8) is 0 Å². The normalized spacial score (nSPS) is 18.7. The van der Waals surface area contributed by atoms with Crippen LogP contribution in [0.5, 0.6) is 0 Å². The van der Waals surface area contributed by atoms with Gasteiger partial charge in [-0.2, -0.15) is 0 Å². The molecule has 3 heteroatoms. The van der Waals surface area contributed by atoms with E-state index in [1.54, 1.807) is 0 Å². The maximum Gasteiger partial charge on any atom is 0.0896 e. The highest BCUT2D eigenvalue weighted by Gasteiger charge is 2.34. The Balaban J connectivity index is 1.93. The molecule has 1 aliphatic carbocycles. The Morgan fingerprint density at radius 1 is 1.39 bits per heavy atom. The van der Waals surface area contributed by atoms with E-state index in [1.165, 1.54) is 48.5 Å². The number of thiazole rings is 1. The second-order valence-corrected chi connectivity index (χ2v) is 7.57. The van der Waals surface area contributed by atoms with Crippen molar-refractivity contribution >= 4 is 11.3 Å².